The number of rotatable bonds is 4. The fourth-order valence-corrected chi connectivity index (χ4v) is 2.83. The van der Waals surface area contributed by atoms with Gasteiger partial charge in [-0.15, -0.1) is 0 Å². The normalized spacial score (nSPS) is 21.1. The van der Waals surface area contributed by atoms with Crippen LogP contribution in [0.1, 0.15) is 38.3 Å². The Labute approximate surface area is 110 Å². The van der Waals surface area contributed by atoms with Gasteiger partial charge in [-0.05, 0) is 45.9 Å². The summed E-state index contributed by atoms with van der Waals surface area (Å²) in [5.41, 5.74) is 2.59. The first-order valence-electron chi connectivity index (χ1n) is 6.79. The van der Waals surface area contributed by atoms with Gasteiger partial charge in [0.2, 0.25) is 0 Å². The van der Waals surface area contributed by atoms with Crippen LogP contribution in [-0.4, -0.2) is 26.7 Å². The zero-order chi connectivity index (χ0) is 13.1. The summed E-state index contributed by atoms with van der Waals surface area (Å²) in [6, 6.07) is 7.27. The second kappa shape index (κ2) is 5.61. The monoisotopic (exact) mass is 248 g/mol. The molecule has 3 heteroatoms. The van der Waals surface area contributed by atoms with Crippen LogP contribution < -0.4 is 15.0 Å². The number of hydrogen-bond acceptors (Lipinski definition) is 3. The van der Waals surface area contributed by atoms with E-state index in [1.54, 1.807) is 7.11 Å². The van der Waals surface area contributed by atoms with Crippen LogP contribution in [0.25, 0.3) is 0 Å². The van der Waals surface area contributed by atoms with E-state index in [0.717, 1.165) is 12.3 Å². The average Bonchev–Trinajstić information content (AvgIpc) is 2.83. The van der Waals surface area contributed by atoms with Gasteiger partial charge in [0.1, 0.15) is 5.75 Å². The molecular formula is C15H24N2O. The van der Waals surface area contributed by atoms with Crippen LogP contribution >= 0.6 is 0 Å². The van der Waals surface area contributed by atoms with Crippen molar-refractivity contribution in [1.82, 2.24) is 5.32 Å². The standard InChI is InChI=1S/C15H24N2O/c1-11-7-6-10-17(11)13-8-5-9-14(18-4)15(13)12(2)16-3/h5,8-9,11-12,16H,6-7,10H2,1-4H3. The minimum absolute atomic E-state index is 0.295. The molecule has 0 amide bonds. The van der Waals surface area contributed by atoms with Crippen molar-refractivity contribution in [1.29, 1.82) is 0 Å². The van der Waals surface area contributed by atoms with E-state index in [-0.39, 0.29) is 0 Å². The van der Waals surface area contributed by atoms with Crippen LogP contribution in [0, 0.1) is 0 Å². The van der Waals surface area contributed by atoms with E-state index < -0.39 is 0 Å². The van der Waals surface area contributed by atoms with E-state index in [0.29, 0.717) is 12.1 Å². The van der Waals surface area contributed by atoms with Gasteiger partial charge < -0.3 is 15.0 Å². The largest absolute Gasteiger partial charge is 0.496 e. The maximum Gasteiger partial charge on any atom is 0.125 e. The third-order valence-corrected chi connectivity index (χ3v) is 3.99. The highest BCUT2D eigenvalue weighted by Gasteiger charge is 2.25. The molecule has 0 saturated carbocycles. The Hall–Kier alpha value is -1.22. The van der Waals surface area contributed by atoms with Gasteiger partial charge in [-0.2, -0.15) is 0 Å². The summed E-state index contributed by atoms with van der Waals surface area (Å²) in [4.78, 5) is 2.51. The first-order valence-corrected chi connectivity index (χ1v) is 6.79. The van der Waals surface area contributed by atoms with Crippen LogP contribution in [-0.2, 0) is 0 Å². The minimum atomic E-state index is 0.295. The molecule has 3 nitrogen and oxygen atoms in total. The average molecular weight is 248 g/mol. The lowest BCUT2D eigenvalue weighted by Crippen LogP contribution is -2.29. The lowest BCUT2D eigenvalue weighted by molar-refractivity contribution is 0.403. The Morgan fingerprint density at radius 2 is 2.22 bits per heavy atom. The molecule has 0 aliphatic carbocycles. The number of anilines is 1. The zero-order valence-corrected chi connectivity index (χ0v) is 11.9. The van der Waals surface area contributed by atoms with Gasteiger partial charge in [-0.3, -0.25) is 0 Å². The molecule has 1 fully saturated rings. The molecule has 1 aliphatic rings. The smallest absolute Gasteiger partial charge is 0.125 e. The minimum Gasteiger partial charge on any atom is -0.496 e. The predicted octanol–water partition coefficient (Wildman–Crippen LogP) is 2.96. The first-order chi connectivity index (χ1) is 8.69. The molecule has 1 saturated heterocycles. The summed E-state index contributed by atoms with van der Waals surface area (Å²) in [5.74, 6) is 0.980. The molecule has 0 bridgehead atoms. The van der Waals surface area contributed by atoms with Crippen molar-refractivity contribution >= 4 is 5.69 Å². The van der Waals surface area contributed by atoms with E-state index in [1.807, 2.05) is 13.1 Å². The van der Waals surface area contributed by atoms with Crippen LogP contribution in [0.2, 0.25) is 0 Å². The SMILES string of the molecule is CNC(C)c1c(OC)cccc1N1CCCC1C. The van der Waals surface area contributed by atoms with Crippen molar-refractivity contribution in [3.05, 3.63) is 23.8 Å². The number of nitrogens with one attached hydrogen (secondary N) is 1. The van der Waals surface area contributed by atoms with Crippen molar-refractivity contribution in [3.63, 3.8) is 0 Å². The fraction of sp³-hybridized carbons (Fsp3) is 0.600. The topological polar surface area (TPSA) is 24.5 Å². The highest BCUT2D eigenvalue weighted by Crippen LogP contribution is 2.37. The predicted molar refractivity (Wildman–Crippen MR) is 76.5 cm³/mol. The summed E-state index contributed by atoms with van der Waals surface area (Å²) in [5, 5.41) is 3.33. The molecule has 1 aromatic carbocycles. The van der Waals surface area contributed by atoms with Crippen molar-refractivity contribution in [2.24, 2.45) is 0 Å². The molecule has 100 valence electrons. The second-order valence-electron chi connectivity index (χ2n) is 5.09. The van der Waals surface area contributed by atoms with Gasteiger partial charge in [0.15, 0.2) is 0 Å². The molecule has 0 radical (unpaired) electrons. The Morgan fingerprint density at radius 1 is 1.44 bits per heavy atom. The highest BCUT2D eigenvalue weighted by atomic mass is 16.5. The van der Waals surface area contributed by atoms with Gasteiger partial charge in [-0.25, -0.2) is 0 Å². The Bertz CT molecular complexity index is 405. The number of ether oxygens (including phenoxy) is 1. The van der Waals surface area contributed by atoms with E-state index in [9.17, 15) is 0 Å². The number of benzene rings is 1. The van der Waals surface area contributed by atoms with E-state index in [2.05, 4.69) is 36.2 Å². The molecule has 2 unspecified atom stereocenters. The Morgan fingerprint density at radius 3 is 2.78 bits per heavy atom. The molecule has 1 N–H and O–H groups in total. The number of hydrogen-bond donors (Lipinski definition) is 1. The quantitative estimate of drug-likeness (QED) is 0.886. The first kappa shape index (κ1) is 13.2. The molecule has 1 aliphatic heterocycles. The molecule has 2 atom stereocenters. The maximum atomic E-state index is 5.54. The van der Waals surface area contributed by atoms with E-state index >= 15 is 0 Å². The summed E-state index contributed by atoms with van der Waals surface area (Å²) in [6.45, 7) is 5.64. The molecule has 2 rings (SSSR count). The molecule has 1 heterocycles. The molecule has 1 aromatic rings. The lowest BCUT2D eigenvalue weighted by atomic mass is 10.0. The van der Waals surface area contributed by atoms with Crippen molar-refractivity contribution in [3.8, 4) is 5.75 Å². The molecule has 0 spiro atoms. The van der Waals surface area contributed by atoms with Crippen molar-refractivity contribution in [2.75, 3.05) is 25.6 Å². The third kappa shape index (κ3) is 2.32. The van der Waals surface area contributed by atoms with Gasteiger partial charge in [-0.1, -0.05) is 6.07 Å². The van der Waals surface area contributed by atoms with Gasteiger partial charge in [0, 0.05) is 29.9 Å². The summed E-state index contributed by atoms with van der Waals surface area (Å²) < 4.78 is 5.54. The molecule has 18 heavy (non-hydrogen) atoms. The van der Waals surface area contributed by atoms with Crippen molar-refractivity contribution in [2.45, 2.75) is 38.8 Å². The summed E-state index contributed by atoms with van der Waals surface area (Å²) in [6.07, 6.45) is 2.57. The van der Waals surface area contributed by atoms with Crippen LogP contribution in [0.3, 0.4) is 0 Å². The summed E-state index contributed by atoms with van der Waals surface area (Å²) in [7, 11) is 3.74. The van der Waals surface area contributed by atoms with E-state index in [1.165, 1.54) is 24.1 Å². The summed E-state index contributed by atoms with van der Waals surface area (Å²) >= 11 is 0. The number of nitrogens with zero attached hydrogens (tertiary/aromatic N) is 1. The van der Waals surface area contributed by atoms with E-state index in [4.69, 9.17) is 4.74 Å². The van der Waals surface area contributed by atoms with Gasteiger partial charge in [0.25, 0.3) is 0 Å². The highest BCUT2D eigenvalue weighted by molar-refractivity contribution is 5.61. The molecule has 0 aromatic heterocycles. The van der Waals surface area contributed by atoms with Crippen LogP contribution in [0.15, 0.2) is 18.2 Å². The number of methoxy groups -OCH3 is 1. The van der Waals surface area contributed by atoms with Crippen LogP contribution in [0.4, 0.5) is 5.69 Å². The third-order valence-electron chi connectivity index (χ3n) is 3.99. The maximum absolute atomic E-state index is 5.54. The lowest BCUT2D eigenvalue weighted by Gasteiger charge is -2.29. The second-order valence-corrected chi connectivity index (χ2v) is 5.09. The molecular weight excluding hydrogens is 224 g/mol. The fourth-order valence-electron chi connectivity index (χ4n) is 2.83. The Balaban J connectivity index is 2.45. The van der Waals surface area contributed by atoms with Crippen molar-refractivity contribution < 1.29 is 4.74 Å². The zero-order valence-electron chi connectivity index (χ0n) is 11.9. The van der Waals surface area contributed by atoms with Crippen LogP contribution in [0.5, 0.6) is 5.75 Å². The van der Waals surface area contributed by atoms with Gasteiger partial charge >= 0.3 is 0 Å². The Kier molecular flexibility index (Phi) is 4.12. The van der Waals surface area contributed by atoms with Gasteiger partial charge in [0.05, 0.1) is 7.11 Å².